The highest BCUT2D eigenvalue weighted by atomic mass is 15.3. The molecule has 23 heavy (non-hydrogen) atoms. The van der Waals surface area contributed by atoms with Crippen molar-refractivity contribution < 1.29 is 0 Å². The molecular formula is C17H24N6. The topological polar surface area (TPSA) is 70.9 Å². The number of pyridine rings is 1. The lowest BCUT2D eigenvalue weighted by Gasteiger charge is -2.14. The van der Waals surface area contributed by atoms with Crippen molar-refractivity contribution in [3.63, 3.8) is 0 Å². The van der Waals surface area contributed by atoms with Crippen LogP contribution in [0.1, 0.15) is 24.6 Å². The summed E-state index contributed by atoms with van der Waals surface area (Å²) in [6.07, 6.45) is 9.21. The Labute approximate surface area is 136 Å². The zero-order valence-electron chi connectivity index (χ0n) is 13.8. The molecule has 3 N–H and O–H groups in total. The Balaban J connectivity index is 1.75. The van der Waals surface area contributed by atoms with E-state index in [9.17, 15) is 0 Å². The largest absolute Gasteiger partial charge is 0.394 e. The summed E-state index contributed by atoms with van der Waals surface area (Å²) >= 11 is 0. The van der Waals surface area contributed by atoms with Crippen molar-refractivity contribution in [3.8, 4) is 0 Å². The molecule has 0 fully saturated rings. The van der Waals surface area contributed by atoms with Gasteiger partial charge in [-0.3, -0.25) is 4.99 Å². The Morgan fingerprint density at radius 1 is 1.43 bits per heavy atom. The molecular weight excluding hydrogens is 288 g/mol. The number of allylic oxidation sites excluding steroid dienone is 1. The standard InChI is InChI=1S/C17H24N6/c1-3-10-22(12-19-2)11-9-20-17-16(18)15-8-7-13-5-4-6-14(13)23(15)21-17/h3,7-8,10,12H,4-6,9,11,18H2,1-2H3,(H,20,21)/b10-3-,19-12?. The van der Waals surface area contributed by atoms with Gasteiger partial charge < -0.3 is 16.0 Å². The van der Waals surface area contributed by atoms with Gasteiger partial charge in [-0.2, -0.15) is 0 Å². The van der Waals surface area contributed by atoms with Gasteiger partial charge in [0.05, 0.1) is 11.9 Å². The monoisotopic (exact) mass is 312 g/mol. The lowest BCUT2D eigenvalue weighted by molar-refractivity contribution is 0.588. The molecule has 0 spiro atoms. The van der Waals surface area contributed by atoms with Gasteiger partial charge in [-0.15, -0.1) is 5.10 Å². The van der Waals surface area contributed by atoms with Crippen molar-refractivity contribution in [3.05, 3.63) is 35.7 Å². The van der Waals surface area contributed by atoms with Gasteiger partial charge in [0.1, 0.15) is 5.69 Å². The lowest BCUT2D eigenvalue weighted by atomic mass is 10.2. The first kappa shape index (κ1) is 15.4. The van der Waals surface area contributed by atoms with Gasteiger partial charge >= 0.3 is 0 Å². The van der Waals surface area contributed by atoms with Gasteiger partial charge in [0.25, 0.3) is 0 Å². The number of nitrogens with one attached hydrogen (secondary N) is 1. The van der Waals surface area contributed by atoms with Gasteiger partial charge in [0.15, 0.2) is 5.82 Å². The van der Waals surface area contributed by atoms with Crippen molar-refractivity contribution >= 4 is 23.4 Å². The molecule has 2 heterocycles. The molecule has 0 atom stereocenters. The van der Waals surface area contributed by atoms with Crippen LogP contribution in [0.5, 0.6) is 0 Å². The summed E-state index contributed by atoms with van der Waals surface area (Å²) in [5.41, 5.74) is 10.7. The van der Waals surface area contributed by atoms with Gasteiger partial charge in [0, 0.05) is 32.0 Å². The second-order valence-electron chi connectivity index (χ2n) is 5.74. The lowest BCUT2D eigenvalue weighted by Crippen LogP contribution is -2.23. The number of aromatic nitrogens is 2. The van der Waals surface area contributed by atoms with Crippen LogP contribution in [0.2, 0.25) is 0 Å². The van der Waals surface area contributed by atoms with Crippen molar-refractivity contribution in [1.29, 1.82) is 0 Å². The third-order valence-corrected chi connectivity index (χ3v) is 4.15. The fraction of sp³-hybridized carbons (Fsp3) is 0.412. The minimum atomic E-state index is 0.724. The first-order chi connectivity index (χ1) is 11.2. The maximum atomic E-state index is 6.27. The Kier molecular flexibility index (Phi) is 4.50. The van der Waals surface area contributed by atoms with Gasteiger partial charge in [0.2, 0.25) is 0 Å². The summed E-state index contributed by atoms with van der Waals surface area (Å²) in [7, 11) is 1.77. The fourth-order valence-electron chi connectivity index (χ4n) is 3.11. The number of anilines is 2. The van der Waals surface area contributed by atoms with Crippen molar-refractivity contribution in [2.24, 2.45) is 4.99 Å². The Bertz CT molecular complexity index is 731. The van der Waals surface area contributed by atoms with E-state index in [1.165, 1.54) is 17.7 Å². The van der Waals surface area contributed by atoms with E-state index in [2.05, 4.69) is 27.5 Å². The Hall–Kier alpha value is -2.50. The molecule has 3 rings (SSSR count). The first-order valence-electron chi connectivity index (χ1n) is 8.08. The third-order valence-electron chi connectivity index (χ3n) is 4.15. The Morgan fingerprint density at radius 3 is 3.09 bits per heavy atom. The van der Waals surface area contributed by atoms with E-state index in [4.69, 9.17) is 5.73 Å². The van der Waals surface area contributed by atoms with Crippen molar-refractivity contribution in [1.82, 2.24) is 14.5 Å². The first-order valence-corrected chi connectivity index (χ1v) is 8.08. The van der Waals surface area contributed by atoms with Crippen LogP contribution in [0.15, 0.2) is 29.4 Å². The predicted octanol–water partition coefficient (Wildman–Crippen LogP) is 2.31. The molecule has 2 aromatic heterocycles. The van der Waals surface area contributed by atoms with Crippen LogP contribution in [0.25, 0.3) is 5.52 Å². The van der Waals surface area contributed by atoms with E-state index in [1.54, 1.807) is 7.05 Å². The summed E-state index contributed by atoms with van der Waals surface area (Å²) in [6, 6.07) is 4.26. The summed E-state index contributed by atoms with van der Waals surface area (Å²) in [5.74, 6) is 0.763. The third kappa shape index (κ3) is 3.02. The van der Waals surface area contributed by atoms with Gasteiger partial charge in [-0.05, 0) is 37.8 Å². The average molecular weight is 312 g/mol. The molecule has 6 heteroatoms. The molecule has 0 radical (unpaired) electrons. The van der Waals surface area contributed by atoms with Gasteiger partial charge in [-0.1, -0.05) is 12.1 Å². The number of aryl methyl sites for hydroxylation is 2. The SMILES string of the molecule is C/C=C\N(C=NC)CCNc1nn2c3c(ccc2c1N)CCC3. The number of aliphatic imine (C=N–C) groups is 1. The van der Waals surface area contributed by atoms with E-state index in [1.807, 2.05) is 35.0 Å². The zero-order valence-corrected chi connectivity index (χ0v) is 13.8. The van der Waals surface area contributed by atoms with E-state index >= 15 is 0 Å². The molecule has 2 aromatic rings. The summed E-state index contributed by atoms with van der Waals surface area (Å²) in [6.45, 7) is 3.53. The molecule has 0 amide bonds. The zero-order chi connectivity index (χ0) is 16.2. The van der Waals surface area contributed by atoms with Crippen LogP contribution in [0.4, 0.5) is 11.5 Å². The minimum Gasteiger partial charge on any atom is -0.394 e. The number of hydrogen-bond donors (Lipinski definition) is 2. The quantitative estimate of drug-likeness (QED) is 0.634. The highest BCUT2D eigenvalue weighted by Crippen LogP contribution is 2.29. The average Bonchev–Trinajstić information content (AvgIpc) is 3.13. The van der Waals surface area contributed by atoms with E-state index in [0.29, 0.717) is 0 Å². The predicted molar refractivity (Wildman–Crippen MR) is 96.1 cm³/mol. The van der Waals surface area contributed by atoms with E-state index in [-0.39, 0.29) is 0 Å². The Morgan fingerprint density at radius 2 is 2.30 bits per heavy atom. The second kappa shape index (κ2) is 6.73. The van der Waals surface area contributed by atoms with Crippen LogP contribution in [-0.2, 0) is 12.8 Å². The summed E-state index contributed by atoms with van der Waals surface area (Å²) in [4.78, 5) is 6.07. The number of nitrogen functional groups attached to an aromatic ring is 1. The molecule has 0 unspecified atom stereocenters. The van der Waals surface area contributed by atoms with E-state index < -0.39 is 0 Å². The van der Waals surface area contributed by atoms with E-state index in [0.717, 1.165) is 43.0 Å². The fourth-order valence-corrected chi connectivity index (χ4v) is 3.11. The molecule has 1 aliphatic rings. The summed E-state index contributed by atoms with van der Waals surface area (Å²) in [5, 5.41) is 8.03. The molecule has 0 aliphatic heterocycles. The molecule has 0 saturated carbocycles. The normalized spacial score (nSPS) is 14.2. The maximum absolute atomic E-state index is 6.27. The van der Waals surface area contributed by atoms with Crippen LogP contribution < -0.4 is 11.1 Å². The number of nitrogens with two attached hydrogens (primary N) is 1. The van der Waals surface area contributed by atoms with Crippen LogP contribution >= 0.6 is 0 Å². The van der Waals surface area contributed by atoms with Crippen molar-refractivity contribution in [2.45, 2.75) is 26.2 Å². The highest BCUT2D eigenvalue weighted by Gasteiger charge is 2.18. The number of rotatable bonds is 6. The van der Waals surface area contributed by atoms with Crippen LogP contribution in [0, 0.1) is 0 Å². The molecule has 122 valence electrons. The number of fused-ring (bicyclic) bond motifs is 3. The minimum absolute atomic E-state index is 0.724. The molecule has 1 aliphatic carbocycles. The van der Waals surface area contributed by atoms with Crippen LogP contribution in [-0.4, -0.2) is 41.0 Å². The second-order valence-corrected chi connectivity index (χ2v) is 5.74. The highest BCUT2D eigenvalue weighted by molar-refractivity contribution is 5.81. The number of hydrogen-bond acceptors (Lipinski definition) is 4. The molecule has 0 saturated heterocycles. The molecule has 0 aromatic carbocycles. The van der Waals surface area contributed by atoms with Crippen LogP contribution in [0.3, 0.4) is 0 Å². The number of nitrogens with zero attached hydrogens (tertiary/aromatic N) is 4. The maximum Gasteiger partial charge on any atom is 0.172 e. The molecule has 6 nitrogen and oxygen atoms in total. The smallest absolute Gasteiger partial charge is 0.172 e. The van der Waals surface area contributed by atoms with Gasteiger partial charge in [-0.25, -0.2) is 4.52 Å². The molecule has 0 bridgehead atoms. The van der Waals surface area contributed by atoms with Crippen molar-refractivity contribution in [2.75, 3.05) is 31.2 Å². The summed E-state index contributed by atoms with van der Waals surface area (Å²) < 4.78 is 2.01.